The van der Waals surface area contributed by atoms with Crippen molar-refractivity contribution in [2.24, 2.45) is 5.92 Å². The second kappa shape index (κ2) is 9.26. The number of nitrogens with zero attached hydrogens (tertiary/aromatic N) is 2. The summed E-state index contributed by atoms with van der Waals surface area (Å²) in [5.41, 5.74) is 0.500. The van der Waals surface area contributed by atoms with Crippen LogP contribution in [0.3, 0.4) is 0 Å². The van der Waals surface area contributed by atoms with Gasteiger partial charge in [-0.25, -0.2) is 17.2 Å². The first-order valence-electron chi connectivity index (χ1n) is 9.20. The van der Waals surface area contributed by atoms with Gasteiger partial charge in [0, 0.05) is 25.2 Å². The fraction of sp³-hybridized carbons (Fsp3) is 0.316. The van der Waals surface area contributed by atoms with Crippen molar-refractivity contribution in [2.75, 3.05) is 25.0 Å². The lowest BCUT2D eigenvalue weighted by atomic mass is 9.97. The molecule has 11 heteroatoms. The monoisotopic (exact) mass is 438 g/mol. The average Bonchev–Trinajstić information content (AvgIpc) is 2.74. The lowest BCUT2D eigenvalue weighted by Crippen LogP contribution is -2.44. The van der Waals surface area contributed by atoms with E-state index in [4.69, 9.17) is 0 Å². The van der Waals surface area contributed by atoms with Gasteiger partial charge >= 0.3 is 0 Å². The summed E-state index contributed by atoms with van der Waals surface area (Å²) < 4.78 is 53.4. The molecule has 3 rings (SSSR count). The van der Waals surface area contributed by atoms with Crippen LogP contribution in [0.2, 0.25) is 0 Å². The van der Waals surface area contributed by atoms with E-state index in [1.54, 1.807) is 18.3 Å². The van der Waals surface area contributed by atoms with Crippen LogP contribution < -0.4 is 10.6 Å². The van der Waals surface area contributed by atoms with Crippen LogP contribution in [0.15, 0.2) is 47.6 Å². The van der Waals surface area contributed by atoms with Gasteiger partial charge in [-0.05, 0) is 43.2 Å². The molecule has 1 aromatic carbocycles. The molecular formula is C19H20F2N4O4S. The summed E-state index contributed by atoms with van der Waals surface area (Å²) in [5, 5.41) is 5.11. The molecule has 0 aliphatic carbocycles. The Morgan fingerprint density at radius 2 is 1.90 bits per heavy atom. The zero-order valence-electron chi connectivity index (χ0n) is 15.8. The van der Waals surface area contributed by atoms with Gasteiger partial charge in [0.1, 0.15) is 16.5 Å². The summed E-state index contributed by atoms with van der Waals surface area (Å²) in [5.74, 6) is -3.16. The normalized spacial score (nSPS) is 15.5. The maximum absolute atomic E-state index is 13.9. The van der Waals surface area contributed by atoms with Gasteiger partial charge in [-0.15, -0.1) is 0 Å². The van der Waals surface area contributed by atoms with Crippen LogP contribution in [0.4, 0.5) is 14.5 Å². The number of benzene rings is 1. The summed E-state index contributed by atoms with van der Waals surface area (Å²) in [6, 6.07) is 5.56. The molecule has 1 saturated heterocycles. The predicted molar refractivity (Wildman–Crippen MR) is 104 cm³/mol. The van der Waals surface area contributed by atoms with E-state index in [1.807, 2.05) is 0 Å². The molecule has 30 heavy (non-hydrogen) atoms. The number of anilines is 1. The topological polar surface area (TPSA) is 108 Å². The highest BCUT2D eigenvalue weighted by Gasteiger charge is 2.33. The summed E-state index contributed by atoms with van der Waals surface area (Å²) >= 11 is 0. The van der Waals surface area contributed by atoms with E-state index in [2.05, 4.69) is 15.6 Å². The summed E-state index contributed by atoms with van der Waals surface area (Å²) in [4.78, 5) is 27.3. The molecule has 0 spiro atoms. The highest BCUT2D eigenvalue weighted by molar-refractivity contribution is 7.89. The number of nitrogens with one attached hydrogen (secondary N) is 2. The Bertz CT molecular complexity index is 1030. The van der Waals surface area contributed by atoms with Crippen LogP contribution in [0.1, 0.15) is 12.8 Å². The lowest BCUT2D eigenvalue weighted by Gasteiger charge is -2.30. The average molecular weight is 438 g/mol. The number of pyridine rings is 1. The van der Waals surface area contributed by atoms with Crippen LogP contribution in [0.5, 0.6) is 0 Å². The van der Waals surface area contributed by atoms with Gasteiger partial charge in [0.25, 0.3) is 0 Å². The van der Waals surface area contributed by atoms with Gasteiger partial charge < -0.3 is 10.6 Å². The van der Waals surface area contributed by atoms with Crippen molar-refractivity contribution >= 4 is 27.5 Å². The molecule has 8 nitrogen and oxygen atoms in total. The Kier molecular flexibility index (Phi) is 6.73. The number of piperidine rings is 1. The molecule has 2 heterocycles. The molecule has 2 amide bonds. The molecule has 1 aromatic heterocycles. The van der Waals surface area contributed by atoms with Crippen molar-refractivity contribution in [1.29, 1.82) is 0 Å². The van der Waals surface area contributed by atoms with E-state index in [9.17, 15) is 26.8 Å². The van der Waals surface area contributed by atoms with Crippen molar-refractivity contribution < 1.29 is 26.8 Å². The Hall–Kier alpha value is -2.92. The third kappa shape index (κ3) is 5.16. The second-order valence-corrected chi connectivity index (χ2v) is 8.67. The first-order valence-corrected chi connectivity index (χ1v) is 10.6. The maximum atomic E-state index is 13.9. The number of hydrogen-bond acceptors (Lipinski definition) is 5. The molecule has 2 N–H and O–H groups in total. The molecule has 0 saturated carbocycles. The fourth-order valence-corrected chi connectivity index (χ4v) is 4.67. The second-order valence-electron chi connectivity index (χ2n) is 6.76. The van der Waals surface area contributed by atoms with Crippen LogP contribution in [-0.4, -0.2) is 49.2 Å². The van der Waals surface area contributed by atoms with E-state index in [0.717, 1.165) is 16.4 Å². The SMILES string of the molecule is O=C(CNC(=O)C1CCN(S(=O)(=O)c2cc(F)ccc2F)CC1)Nc1cccnc1. The highest BCUT2D eigenvalue weighted by atomic mass is 32.2. The minimum absolute atomic E-state index is 0.0156. The third-order valence-electron chi connectivity index (χ3n) is 4.70. The molecule has 0 bridgehead atoms. The molecule has 1 fully saturated rings. The number of amides is 2. The van der Waals surface area contributed by atoms with Crippen LogP contribution in [0.25, 0.3) is 0 Å². The van der Waals surface area contributed by atoms with Crippen LogP contribution in [-0.2, 0) is 19.6 Å². The van der Waals surface area contributed by atoms with Crippen LogP contribution in [0, 0.1) is 17.6 Å². The van der Waals surface area contributed by atoms with Crippen molar-refractivity contribution in [1.82, 2.24) is 14.6 Å². The molecule has 0 radical (unpaired) electrons. The number of hydrogen-bond donors (Lipinski definition) is 2. The van der Waals surface area contributed by atoms with Gasteiger partial charge in [-0.3, -0.25) is 14.6 Å². The largest absolute Gasteiger partial charge is 0.347 e. The van der Waals surface area contributed by atoms with E-state index in [1.165, 1.54) is 6.20 Å². The summed E-state index contributed by atoms with van der Waals surface area (Å²) in [6.45, 7) is -0.267. The zero-order valence-corrected chi connectivity index (χ0v) is 16.7. The standard InChI is InChI=1S/C19H20F2N4O4S/c20-14-3-4-16(21)17(10-14)30(28,29)25-8-5-13(6-9-25)19(27)23-12-18(26)24-15-2-1-7-22-11-15/h1-4,7,10-11,13H,5-6,8-9,12H2,(H,23,27)(H,24,26). The van der Waals surface area contributed by atoms with Crippen molar-refractivity contribution in [3.05, 3.63) is 54.4 Å². The van der Waals surface area contributed by atoms with Crippen molar-refractivity contribution in [3.63, 3.8) is 0 Å². The van der Waals surface area contributed by atoms with E-state index < -0.39 is 38.4 Å². The van der Waals surface area contributed by atoms with E-state index in [-0.39, 0.29) is 38.4 Å². The number of aromatic nitrogens is 1. The Balaban J connectivity index is 1.51. The van der Waals surface area contributed by atoms with Gasteiger partial charge in [0.15, 0.2) is 0 Å². The van der Waals surface area contributed by atoms with Gasteiger partial charge in [-0.2, -0.15) is 4.31 Å². The predicted octanol–water partition coefficient (Wildman–Crippen LogP) is 1.52. The number of carbonyl (C=O) groups is 2. The summed E-state index contributed by atoms with van der Waals surface area (Å²) in [6.07, 6.45) is 3.43. The van der Waals surface area contributed by atoms with Crippen LogP contribution >= 0.6 is 0 Å². The Labute approximate surface area is 172 Å². The number of sulfonamides is 1. The molecule has 2 aromatic rings. The van der Waals surface area contributed by atoms with Crippen molar-refractivity contribution in [2.45, 2.75) is 17.7 Å². The Morgan fingerprint density at radius 3 is 2.57 bits per heavy atom. The molecular weight excluding hydrogens is 418 g/mol. The minimum atomic E-state index is -4.21. The number of carbonyl (C=O) groups excluding carboxylic acids is 2. The quantitative estimate of drug-likeness (QED) is 0.711. The highest BCUT2D eigenvalue weighted by Crippen LogP contribution is 2.26. The van der Waals surface area contributed by atoms with E-state index in [0.29, 0.717) is 11.8 Å². The Morgan fingerprint density at radius 1 is 1.17 bits per heavy atom. The fourth-order valence-electron chi connectivity index (χ4n) is 3.13. The van der Waals surface area contributed by atoms with Gasteiger partial charge in [0.2, 0.25) is 21.8 Å². The third-order valence-corrected chi connectivity index (χ3v) is 6.62. The number of halogens is 2. The first kappa shape index (κ1) is 21.8. The van der Waals surface area contributed by atoms with Crippen molar-refractivity contribution in [3.8, 4) is 0 Å². The lowest BCUT2D eigenvalue weighted by molar-refractivity contribution is -0.128. The first-order chi connectivity index (χ1) is 14.3. The molecule has 160 valence electrons. The minimum Gasteiger partial charge on any atom is -0.347 e. The number of rotatable bonds is 6. The molecule has 0 unspecified atom stereocenters. The maximum Gasteiger partial charge on any atom is 0.246 e. The molecule has 0 atom stereocenters. The summed E-state index contributed by atoms with van der Waals surface area (Å²) in [7, 11) is -4.21. The van der Waals surface area contributed by atoms with E-state index >= 15 is 0 Å². The molecule has 1 aliphatic heterocycles. The molecule has 1 aliphatic rings. The van der Waals surface area contributed by atoms with Gasteiger partial charge in [-0.1, -0.05) is 0 Å². The smallest absolute Gasteiger partial charge is 0.246 e. The van der Waals surface area contributed by atoms with Gasteiger partial charge in [0.05, 0.1) is 18.4 Å². The zero-order chi connectivity index (χ0) is 21.7.